The van der Waals surface area contributed by atoms with Crippen LogP contribution in [-0.2, 0) is 4.57 Å². The summed E-state index contributed by atoms with van der Waals surface area (Å²) in [4.78, 5) is 14.3. The maximum Gasteiger partial charge on any atom is 0.314 e. The molecule has 5 heteroatoms. The van der Waals surface area contributed by atoms with Crippen LogP contribution in [0.3, 0.4) is 0 Å². The molecule has 4 aromatic rings. The van der Waals surface area contributed by atoms with E-state index in [1.165, 1.54) is 5.39 Å². The van der Waals surface area contributed by atoms with Gasteiger partial charge in [0, 0.05) is 5.56 Å². The van der Waals surface area contributed by atoms with Gasteiger partial charge >= 0.3 is 8.25 Å². The van der Waals surface area contributed by atoms with Gasteiger partial charge in [0.05, 0.1) is 0 Å². The number of rotatable bonds is 1. The zero-order valence-corrected chi connectivity index (χ0v) is 14.3. The Morgan fingerprint density at radius 1 is 0.640 bits per heavy atom. The van der Waals surface area contributed by atoms with E-state index < -0.39 is 8.25 Å². The number of phenolic OH excluding ortho intramolecular Hbond substituents is 1. The van der Waals surface area contributed by atoms with Crippen molar-refractivity contribution < 1.29 is 19.5 Å². The highest BCUT2D eigenvalue weighted by Gasteiger charge is 2.11. The summed E-state index contributed by atoms with van der Waals surface area (Å²) in [7, 11) is -3.13. The van der Waals surface area contributed by atoms with E-state index in [0.29, 0.717) is 5.75 Å². The Morgan fingerprint density at radius 2 is 1.16 bits per heavy atom. The average molecular weight is 352 g/mol. The summed E-state index contributed by atoms with van der Waals surface area (Å²) in [5.74, 6) is 0.324. The van der Waals surface area contributed by atoms with Gasteiger partial charge in [0.2, 0.25) is 0 Å². The maximum atomic E-state index is 10.4. The van der Waals surface area contributed by atoms with Crippen LogP contribution >= 0.6 is 8.25 Å². The second kappa shape index (κ2) is 7.49. The van der Waals surface area contributed by atoms with Gasteiger partial charge in [-0.05, 0) is 33.2 Å². The van der Waals surface area contributed by atoms with E-state index in [1.54, 1.807) is 6.07 Å². The highest BCUT2D eigenvalue weighted by atomic mass is 31.1. The molecule has 0 radical (unpaired) electrons. The molecule has 0 atom stereocenters. The topological polar surface area (TPSA) is 77.8 Å². The van der Waals surface area contributed by atoms with Crippen molar-refractivity contribution in [3.8, 4) is 16.9 Å². The van der Waals surface area contributed by atoms with E-state index in [2.05, 4.69) is 36.4 Å². The summed E-state index contributed by atoms with van der Waals surface area (Å²) in [6.07, 6.45) is 0. The Kier molecular flexibility index (Phi) is 5.15. The van der Waals surface area contributed by atoms with E-state index >= 15 is 0 Å². The Hall–Kier alpha value is -2.65. The normalized spacial score (nSPS) is 10.7. The van der Waals surface area contributed by atoms with Crippen molar-refractivity contribution in [1.29, 1.82) is 0 Å². The number of aromatic hydroxyl groups is 1. The second-order valence-electron chi connectivity index (χ2n) is 5.49. The molecule has 0 aliphatic rings. The van der Waals surface area contributed by atoms with Crippen LogP contribution in [0.15, 0.2) is 78.9 Å². The Bertz CT molecular complexity index is 1050. The summed E-state index contributed by atoms with van der Waals surface area (Å²) in [5.41, 5.74) is 1.98. The lowest BCUT2D eigenvalue weighted by molar-refractivity contribution is 0.405. The minimum atomic E-state index is -3.13. The van der Waals surface area contributed by atoms with Crippen molar-refractivity contribution in [1.82, 2.24) is 0 Å². The highest BCUT2D eigenvalue weighted by molar-refractivity contribution is 7.30. The number of hydrogen-bond donors (Lipinski definition) is 3. The van der Waals surface area contributed by atoms with E-state index in [-0.39, 0.29) is 0 Å². The molecule has 0 heterocycles. The van der Waals surface area contributed by atoms with Crippen molar-refractivity contribution >= 4 is 29.8 Å². The monoisotopic (exact) mass is 352 g/mol. The van der Waals surface area contributed by atoms with Crippen LogP contribution in [0.5, 0.6) is 5.75 Å². The highest BCUT2D eigenvalue weighted by Crippen LogP contribution is 2.39. The van der Waals surface area contributed by atoms with Crippen molar-refractivity contribution in [2.45, 2.75) is 0 Å². The smallest absolute Gasteiger partial charge is 0.314 e. The minimum Gasteiger partial charge on any atom is -0.507 e. The van der Waals surface area contributed by atoms with Crippen LogP contribution in [0.2, 0.25) is 0 Å². The van der Waals surface area contributed by atoms with Crippen molar-refractivity contribution in [2.24, 2.45) is 0 Å². The molecule has 3 N–H and O–H groups in total. The summed E-state index contributed by atoms with van der Waals surface area (Å²) in [6, 6.07) is 26.4. The van der Waals surface area contributed by atoms with E-state index in [0.717, 1.165) is 27.3 Å². The van der Waals surface area contributed by atoms with Crippen LogP contribution in [0.25, 0.3) is 32.7 Å². The largest absolute Gasteiger partial charge is 0.507 e. The first-order chi connectivity index (χ1) is 12.1. The zero-order chi connectivity index (χ0) is 17.8. The molecule has 0 aliphatic heterocycles. The lowest BCUT2D eigenvalue weighted by atomic mass is 9.93. The molecule has 25 heavy (non-hydrogen) atoms. The summed E-state index contributed by atoms with van der Waals surface area (Å²) in [6.45, 7) is 0. The molecule has 0 aromatic heterocycles. The van der Waals surface area contributed by atoms with Gasteiger partial charge in [0.25, 0.3) is 0 Å². The minimum absolute atomic E-state index is 0.324. The SMILES string of the molecule is O=[PH](O)O.Oc1ccc2ccccc2c1-c1cccc2ccccc12. The number of benzene rings is 4. The predicted molar refractivity (Wildman–Crippen MR) is 102 cm³/mol. The molecule has 0 unspecified atom stereocenters. The lowest BCUT2D eigenvalue weighted by Crippen LogP contribution is -1.85. The Labute approximate surface area is 145 Å². The van der Waals surface area contributed by atoms with Gasteiger partial charge in [-0.2, -0.15) is 0 Å². The molecule has 4 nitrogen and oxygen atoms in total. The van der Waals surface area contributed by atoms with E-state index in [4.69, 9.17) is 14.4 Å². The van der Waals surface area contributed by atoms with Crippen molar-refractivity contribution in [3.63, 3.8) is 0 Å². The number of fused-ring (bicyclic) bond motifs is 2. The molecule has 0 amide bonds. The maximum absolute atomic E-state index is 10.4. The molecule has 0 saturated carbocycles. The third kappa shape index (κ3) is 3.72. The number of hydrogen-bond acceptors (Lipinski definition) is 2. The fourth-order valence-electron chi connectivity index (χ4n) is 2.99. The van der Waals surface area contributed by atoms with Crippen molar-refractivity contribution in [2.75, 3.05) is 0 Å². The molecule has 4 aromatic carbocycles. The van der Waals surface area contributed by atoms with Gasteiger partial charge in [-0.3, -0.25) is 4.57 Å². The summed E-state index contributed by atoms with van der Waals surface area (Å²) < 4.78 is 8.74. The van der Waals surface area contributed by atoms with Gasteiger partial charge in [-0.15, -0.1) is 0 Å². The van der Waals surface area contributed by atoms with Crippen LogP contribution in [-0.4, -0.2) is 14.9 Å². The second-order valence-corrected chi connectivity index (χ2v) is 6.06. The van der Waals surface area contributed by atoms with Gasteiger partial charge in [0.1, 0.15) is 5.75 Å². The Morgan fingerprint density at radius 3 is 1.84 bits per heavy atom. The average Bonchev–Trinajstić information content (AvgIpc) is 2.61. The van der Waals surface area contributed by atoms with Crippen LogP contribution < -0.4 is 0 Å². The van der Waals surface area contributed by atoms with E-state index in [1.807, 2.05) is 36.4 Å². The molecular weight excluding hydrogens is 335 g/mol. The van der Waals surface area contributed by atoms with Crippen LogP contribution in [0.4, 0.5) is 0 Å². The zero-order valence-electron chi connectivity index (χ0n) is 13.3. The van der Waals surface area contributed by atoms with Crippen LogP contribution in [0.1, 0.15) is 0 Å². The van der Waals surface area contributed by atoms with Gasteiger partial charge < -0.3 is 14.9 Å². The molecule has 0 saturated heterocycles. The Balaban J connectivity index is 0.000000415. The molecule has 0 spiro atoms. The molecule has 126 valence electrons. The quantitative estimate of drug-likeness (QED) is 0.433. The predicted octanol–water partition coefficient (Wildman–Crippen LogP) is 4.73. The van der Waals surface area contributed by atoms with Crippen LogP contribution in [0, 0.1) is 0 Å². The first kappa shape index (κ1) is 17.2. The molecule has 0 bridgehead atoms. The summed E-state index contributed by atoms with van der Waals surface area (Å²) in [5, 5.41) is 15.0. The fourth-order valence-corrected chi connectivity index (χ4v) is 2.99. The van der Waals surface area contributed by atoms with Crippen molar-refractivity contribution in [3.05, 3.63) is 78.9 Å². The third-order valence-corrected chi connectivity index (χ3v) is 3.97. The van der Waals surface area contributed by atoms with E-state index in [9.17, 15) is 5.11 Å². The van der Waals surface area contributed by atoms with Gasteiger partial charge in [0.15, 0.2) is 0 Å². The first-order valence-corrected chi connectivity index (χ1v) is 8.99. The third-order valence-electron chi connectivity index (χ3n) is 3.97. The van der Waals surface area contributed by atoms with Gasteiger partial charge in [-0.1, -0.05) is 72.8 Å². The number of phenols is 1. The molecule has 0 aliphatic carbocycles. The summed E-state index contributed by atoms with van der Waals surface area (Å²) >= 11 is 0. The lowest BCUT2D eigenvalue weighted by Gasteiger charge is -2.12. The fraction of sp³-hybridized carbons (Fsp3) is 0. The molecule has 4 rings (SSSR count). The standard InChI is InChI=1S/C20H14O.H3O3P/c21-19-13-12-15-7-2-4-10-17(15)20(19)18-11-5-8-14-6-1-3-9-16(14)18;1-4(2)3/h1-13,21H;4H,(H2,1,2,3). The molecule has 0 fully saturated rings. The molecular formula is C20H17O4P. The van der Waals surface area contributed by atoms with Gasteiger partial charge in [-0.25, -0.2) is 0 Å². The first-order valence-electron chi connectivity index (χ1n) is 7.68.